The summed E-state index contributed by atoms with van der Waals surface area (Å²) in [6.45, 7) is 12.5. The maximum atomic E-state index is 12.0. The lowest BCUT2D eigenvalue weighted by Crippen LogP contribution is -2.40. The molecule has 0 radical (unpaired) electrons. The molecule has 2 aromatic heterocycles. The Hall–Kier alpha value is -3.56. The zero-order valence-electron chi connectivity index (χ0n) is 41.8. The molecule has 398 valence electrons. The van der Waals surface area contributed by atoms with Gasteiger partial charge in [-0.3, -0.25) is 0 Å². The minimum atomic E-state index is -3.72. The first-order valence-corrected chi connectivity index (χ1v) is 29.5. The molecule has 21 nitrogen and oxygen atoms in total. The number of methoxy groups -OCH3 is 4. The molecule has 4 aromatic rings. The topological polar surface area (TPSA) is 254 Å². The monoisotopic (exact) mass is 1100 g/mol. The van der Waals surface area contributed by atoms with Crippen molar-refractivity contribution in [1.82, 2.24) is 38.6 Å². The Morgan fingerprint density at radius 1 is 0.643 bits per heavy atom. The summed E-state index contributed by atoms with van der Waals surface area (Å²) < 4.78 is 89.6. The lowest BCUT2D eigenvalue weighted by Gasteiger charge is -2.33. The summed E-state index contributed by atoms with van der Waals surface area (Å²) >= 11 is 0. The molecule has 2 saturated heterocycles. The normalized spacial score (nSPS) is 14.6. The van der Waals surface area contributed by atoms with Crippen LogP contribution in [0.5, 0.6) is 23.0 Å². The average Bonchev–Trinajstić information content (AvgIpc) is 3.34. The smallest absolute Gasteiger partial charge is 0.317 e. The quantitative estimate of drug-likeness (QED) is 0.109. The van der Waals surface area contributed by atoms with Gasteiger partial charge in [0.15, 0.2) is 23.0 Å². The average molecular weight is 1110 g/mol. The number of hydrogen-bond acceptors (Lipinski definition) is 18. The van der Waals surface area contributed by atoms with E-state index in [9.17, 15) is 16.8 Å². The van der Waals surface area contributed by atoms with Gasteiger partial charge in [-0.2, -0.15) is 33.9 Å². The first kappa shape index (κ1) is 62.6. The SMILES string of the molecule is CCN(C)S(=O)(=O)Cl.CCN(C)S(=O)(=O)NCCC1CCN(c2ncnc3cc(OC)c(OC)cc23)CC1.CCNC.COc1cc2ncnc(N3CCC(CCN)CC3)c2cc1OC.O=S(=O)(Cl)Cl. The minimum Gasteiger partial charge on any atom is -0.493 e. The Morgan fingerprint density at radius 2 is 1.00 bits per heavy atom. The van der Waals surface area contributed by atoms with E-state index in [1.54, 1.807) is 55.1 Å². The second kappa shape index (κ2) is 31.1. The Balaban J connectivity index is 0.000000367. The van der Waals surface area contributed by atoms with Gasteiger partial charge >= 0.3 is 8.26 Å². The van der Waals surface area contributed by atoms with Crippen molar-refractivity contribution in [3.8, 4) is 23.0 Å². The number of benzene rings is 2. The van der Waals surface area contributed by atoms with Crippen LogP contribution in [0.1, 0.15) is 59.3 Å². The zero-order chi connectivity index (χ0) is 52.7. The largest absolute Gasteiger partial charge is 0.493 e. The molecule has 2 aromatic carbocycles. The highest BCUT2D eigenvalue weighted by Crippen LogP contribution is 2.37. The molecule has 4 heterocycles. The van der Waals surface area contributed by atoms with Crippen LogP contribution in [0.3, 0.4) is 0 Å². The Kier molecular flexibility index (Phi) is 27.8. The Labute approximate surface area is 428 Å². The Morgan fingerprint density at radius 3 is 1.30 bits per heavy atom. The number of aromatic nitrogens is 4. The van der Waals surface area contributed by atoms with Gasteiger partial charge in [-0.05, 0) is 82.6 Å². The fourth-order valence-electron chi connectivity index (χ4n) is 7.17. The number of piperidine rings is 2. The Bertz CT molecular complexity index is 2520. The van der Waals surface area contributed by atoms with Gasteiger partial charge in [0.25, 0.3) is 19.4 Å². The second-order valence-electron chi connectivity index (χ2n) is 15.8. The van der Waals surface area contributed by atoms with Crippen molar-refractivity contribution in [1.29, 1.82) is 0 Å². The van der Waals surface area contributed by atoms with Crippen LogP contribution in [0, 0.1) is 11.8 Å². The van der Waals surface area contributed by atoms with Gasteiger partial charge in [0.2, 0.25) is 0 Å². The highest BCUT2D eigenvalue weighted by atomic mass is 36.0. The number of nitrogens with one attached hydrogen (secondary N) is 2. The van der Waals surface area contributed by atoms with Gasteiger partial charge in [-0.15, -0.1) is 0 Å². The number of halogens is 3. The van der Waals surface area contributed by atoms with Crippen LogP contribution in [0.2, 0.25) is 0 Å². The fourth-order valence-corrected chi connectivity index (χ4v) is 8.71. The maximum Gasteiger partial charge on any atom is 0.317 e. The van der Waals surface area contributed by atoms with Crippen molar-refractivity contribution in [2.75, 3.05) is 118 Å². The van der Waals surface area contributed by atoms with Crippen molar-refractivity contribution in [2.45, 2.75) is 59.3 Å². The van der Waals surface area contributed by atoms with Crippen LogP contribution in [0.4, 0.5) is 11.6 Å². The van der Waals surface area contributed by atoms with E-state index < -0.39 is 27.7 Å². The van der Waals surface area contributed by atoms with Crippen LogP contribution in [-0.4, -0.2) is 162 Å². The number of hydrogen-bond donors (Lipinski definition) is 3. The van der Waals surface area contributed by atoms with E-state index in [2.05, 4.69) is 68.1 Å². The second-order valence-corrected chi connectivity index (χ2v) is 24.0. The van der Waals surface area contributed by atoms with Crippen LogP contribution in [0.15, 0.2) is 36.9 Å². The molecule has 2 aliphatic heterocycles. The lowest BCUT2D eigenvalue weighted by molar-refractivity contribution is 0.355. The third-order valence-electron chi connectivity index (χ3n) is 11.5. The van der Waals surface area contributed by atoms with E-state index in [4.69, 9.17) is 43.8 Å². The minimum absolute atomic E-state index is 0.409. The molecule has 27 heteroatoms. The molecule has 70 heavy (non-hydrogen) atoms. The number of rotatable bonds is 17. The van der Waals surface area contributed by atoms with Crippen molar-refractivity contribution < 1.29 is 44.2 Å². The molecular formula is C43H72Cl3N11O10S3. The molecule has 2 aliphatic rings. The molecule has 0 unspecified atom stereocenters. The molecule has 0 spiro atoms. The fraction of sp³-hybridized carbons (Fsp3) is 0.628. The molecule has 2 fully saturated rings. The highest BCUT2D eigenvalue weighted by Gasteiger charge is 2.25. The standard InChI is InChI=1S/C20H31N5O4S.C17H24N4O2.C3H8ClNO2S.C3H9N.Cl2O2S/c1-5-24(2)30(26,27)23-9-6-15-7-10-25(11-8-15)20-16-12-18(28-3)19(29-4)13-17(16)21-14-22-20;1-22-15-9-13-14(10-16(15)23-2)19-11-20-17(13)21-7-4-12(3-6-18)5-8-21;1-3-5(2)8(4,6)7;1-3-4-2;1-5(2,3)4/h12-15,23H,5-11H2,1-4H3;9-12H,3-8,18H2,1-2H3;3H2,1-2H3;4H,3H2,1-2H3;. The molecule has 0 amide bonds. The van der Waals surface area contributed by atoms with Crippen molar-refractivity contribution in [2.24, 2.45) is 17.6 Å². The summed E-state index contributed by atoms with van der Waals surface area (Å²) in [4.78, 5) is 22.4. The van der Waals surface area contributed by atoms with Crippen molar-refractivity contribution in [3.63, 3.8) is 0 Å². The summed E-state index contributed by atoms with van der Waals surface area (Å²) in [5, 5.41) is 4.87. The number of ether oxygens (including phenoxy) is 4. The third-order valence-corrected chi connectivity index (χ3v) is 14.9. The van der Waals surface area contributed by atoms with E-state index in [0.29, 0.717) is 48.6 Å². The van der Waals surface area contributed by atoms with Gasteiger partial charge in [-0.25, -0.2) is 24.7 Å². The van der Waals surface area contributed by atoms with Gasteiger partial charge < -0.3 is 39.8 Å². The number of nitrogens with zero attached hydrogens (tertiary/aromatic N) is 8. The lowest BCUT2D eigenvalue weighted by atomic mass is 9.93. The van der Waals surface area contributed by atoms with E-state index in [-0.39, 0.29) is 0 Å². The van der Waals surface area contributed by atoms with Gasteiger partial charge in [0, 0.05) is 115 Å². The first-order valence-electron chi connectivity index (χ1n) is 22.6. The molecule has 0 saturated carbocycles. The summed E-state index contributed by atoms with van der Waals surface area (Å²) in [6, 6.07) is 7.66. The van der Waals surface area contributed by atoms with Gasteiger partial charge in [0.05, 0.1) is 39.5 Å². The first-order chi connectivity index (χ1) is 33.0. The van der Waals surface area contributed by atoms with Crippen molar-refractivity contribution in [3.05, 3.63) is 36.9 Å². The van der Waals surface area contributed by atoms with E-state index in [1.165, 1.54) is 11.4 Å². The molecule has 0 bridgehead atoms. The number of nitrogens with two attached hydrogens (primary N) is 1. The highest BCUT2D eigenvalue weighted by molar-refractivity contribution is 8.31. The van der Waals surface area contributed by atoms with Crippen LogP contribution < -0.4 is 44.5 Å². The molecule has 0 atom stereocenters. The zero-order valence-corrected chi connectivity index (χ0v) is 46.5. The van der Waals surface area contributed by atoms with Gasteiger partial charge in [-0.1, -0.05) is 20.8 Å². The molecule has 0 aliphatic carbocycles. The predicted octanol–water partition coefficient (Wildman–Crippen LogP) is 5.61. The molecule has 6 rings (SSSR count). The van der Waals surface area contributed by atoms with E-state index in [1.807, 2.05) is 38.2 Å². The van der Waals surface area contributed by atoms with Gasteiger partial charge in [0.1, 0.15) is 24.3 Å². The predicted molar refractivity (Wildman–Crippen MR) is 282 cm³/mol. The summed E-state index contributed by atoms with van der Waals surface area (Å²) in [6.07, 6.45) is 9.45. The summed E-state index contributed by atoms with van der Waals surface area (Å²) in [7, 11) is 14.3. The number of fused-ring (bicyclic) bond motifs is 2. The molecule has 4 N–H and O–H groups in total. The summed E-state index contributed by atoms with van der Waals surface area (Å²) in [5.74, 6) is 5.77. The van der Waals surface area contributed by atoms with Crippen LogP contribution >= 0.6 is 32.0 Å². The van der Waals surface area contributed by atoms with Crippen LogP contribution in [-0.2, 0) is 27.7 Å². The van der Waals surface area contributed by atoms with E-state index >= 15 is 0 Å². The third kappa shape index (κ3) is 20.9. The number of anilines is 2. The molecular weight excluding hydrogens is 1030 g/mol. The maximum absolute atomic E-state index is 12.0. The van der Waals surface area contributed by atoms with E-state index in [0.717, 1.165) is 121 Å². The van der Waals surface area contributed by atoms with Crippen LogP contribution in [0.25, 0.3) is 21.8 Å². The van der Waals surface area contributed by atoms with Crippen molar-refractivity contribution >= 4 is 93.2 Å². The summed E-state index contributed by atoms with van der Waals surface area (Å²) in [5.41, 5.74) is 7.36.